The van der Waals surface area contributed by atoms with E-state index in [1.165, 1.54) is 25.3 Å². The minimum Gasteiger partial charge on any atom is -0.508 e. The molecule has 0 radical (unpaired) electrons. The maximum absolute atomic E-state index is 13.8. The van der Waals surface area contributed by atoms with Gasteiger partial charge in [-0.2, -0.15) is 0 Å². The van der Waals surface area contributed by atoms with Crippen LogP contribution in [0.3, 0.4) is 0 Å². The molecule has 0 aromatic heterocycles. The highest BCUT2D eigenvalue weighted by Crippen LogP contribution is 2.20. The van der Waals surface area contributed by atoms with Gasteiger partial charge in [-0.1, -0.05) is 32.1 Å². The minimum absolute atomic E-state index is 0.00569. The van der Waals surface area contributed by atoms with Crippen molar-refractivity contribution >= 4 is 35.6 Å². The van der Waals surface area contributed by atoms with Gasteiger partial charge in [0.15, 0.2) is 12.0 Å². The zero-order valence-electron chi connectivity index (χ0n) is 26.3. The molecule has 1 heterocycles. The lowest BCUT2D eigenvalue weighted by Gasteiger charge is -2.30. The Morgan fingerprint density at radius 2 is 1.63 bits per heavy atom. The van der Waals surface area contributed by atoms with Crippen LogP contribution in [-0.4, -0.2) is 98.6 Å². The zero-order valence-corrected chi connectivity index (χ0v) is 26.3. The average Bonchev–Trinajstić information content (AvgIpc) is 3.47. The number of aliphatic imine (C=N–C) groups is 1. The molecule has 1 aliphatic rings. The summed E-state index contributed by atoms with van der Waals surface area (Å²) in [6.45, 7) is 5.16. The lowest BCUT2D eigenvalue weighted by molar-refractivity contribution is -0.146. The number of benzene rings is 1. The molecule has 0 fully saturated rings. The normalized spacial score (nSPS) is 17.3. The molecule has 2 rings (SSSR count). The number of carbonyl (C=O) groups is 5. The Balaban J connectivity index is 2.26. The van der Waals surface area contributed by atoms with Crippen molar-refractivity contribution in [3.63, 3.8) is 0 Å². The summed E-state index contributed by atoms with van der Waals surface area (Å²) in [6, 6.07) is 0.0788. The van der Waals surface area contributed by atoms with Crippen LogP contribution in [0.15, 0.2) is 41.5 Å². The number of aliphatic hydroxyl groups is 1. The maximum Gasteiger partial charge on any atom is 0.328 e. The number of aromatic hydroxyl groups is 1. The van der Waals surface area contributed by atoms with Crippen LogP contribution in [-0.2, 0) is 30.4 Å². The number of nitrogens with two attached hydrogens (primary N) is 3. The van der Waals surface area contributed by atoms with Gasteiger partial charge in [0.2, 0.25) is 23.6 Å². The van der Waals surface area contributed by atoms with Crippen molar-refractivity contribution in [1.82, 2.24) is 20.9 Å². The molecular weight excluding hydrogens is 600 g/mol. The Labute approximate surface area is 267 Å². The predicted molar refractivity (Wildman–Crippen MR) is 169 cm³/mol. The van der Waals surface area contributed by atoms with E-state index in [2.05, 4.69) is 20.9 Å². The fraction of sp³-hybridized carbons (Fsp3) is 0.533. The maximum atomic E-state index is 13.8. The third-order valence-corrected chi connectivity index (χ3v) is 7.20. The van der Waals surface area contributed by atoms with E-state index in [4.69, 9.17) is 17.2 Å². The van der Waals surface area contributed by atoms with Gasteiger partial charge in [0, 0.05) is 19.2 Å². The molecule has 4 amide bonds. The van der Waals surface area contributed by atoms with E-state index in [9.17, 15) is 39.3 Å². The van der Waals surface area contributed by atoms with Crippen molar-refractivity contribution in [3.8, 4) is 5.75 Å². The van der Waals surface area contributed by atoms with Gasteiger partial charge in [-0.05, 0) is 56.2 Å². The highest BCUT2D eigenvalue weighted by Gasteiger charge is 2.38. The number of aliphatic hydroxyl groups excluding tert-OH is 1. The summed E-state index contributed by atoms with van der Waals surface area (Å²) in [6.07, 6.45) is 2.48. The summed E-state index contributed by atoms with van der Waals surface area (Å²) >= 11 is 0. The van der Waals surface area contributed by atoms with E-state index in [-0.39, 0.29) is 49.9 Å². The monoisotopic (exact) mass is 646 g/mol. The number of hydrogen-bond donors (Lipinski definition) is 9. The molecule has 0 bridgehead atoms. The molecule has 46 heavy (non-hydrogen) atoms. The number of phenols is 1. The molecule has 0 unspecified atom stereocenters. The van der Waals surface area contributed by atoms with Gasteiger partial charge in [0.1, 0.15) is 23.9 Å². The van der Waals surface area contributed by atoms with Crippen LogP contribution >= 0.6 is 0 Å². The van der Waals surface area contributed by atoms with Crippen molar-refractivity contribution in [2.24, 2.45) is 28.1 Å². The van der Waals surface area contributed by atoms with Gasteiger partial charge in [0.05, 0.1) is 12.1 Å². The summed E-state index contributed by atoms with van der Waals surface area (Å²) in [5.41, 5.74) is 17.3. The molecular formula is C30H46N8O8. The molecule has 254 valence electrons. The van der Waals surface area contributed by atoms with E-state index >= 15 is 0 Å². The number of nitrogens with zero attached hydrogens (tertiary/aromatic N) is 2. The van der Waals surface area contributed by atoms with Gasteiger partial charge in [-0.3, -0.25) is 24.2 Å². The molecule has 0 saturated carbocycles. The highest BCUT2D eigenvalue weighted by molar-refractivity contribution is 5.96. The third kappa shape index (κ3) is 11.7. The van der Waals surface area contributed by atoms with E-state index in [0.29, 0.717) is 12.0 Å². The van der Waals surface area contributed by atoms with E-state index in [1.54, 1.807) is 18.2 Å². The summed E-state index contributed by atoms with van der Waals surface area (Å²) in [4.78, 5) is 70.0. The van der Waals surface area contributed by atoms with Crippen molar-refractivity contribution in [1.29, 1.82) is 0 Å². The fourth-order valence-electron chi connectivity index (χ4n) is 4.77. The number of carboxylic acids is 1. The SMILES string of the molecule is CC(C)C[C@H](NC(=O)[C@H](Cc1ccc(O)cc1)NC(=O)[C@@H](N)CCCN=C(N)N)C(=O)N1C=CC[C@H]1C(=O)N[C@H](C(=O)O)[C@@H](C)O. The summed E-state index contributed by atoms with van der Waals surface area (Å²) in [5.74, 6) is -4.29. The number of guanidine groups is 1. The first kappa shape index (κ1) is 37.5. The van der Waals surface area contributed by atoms with Crippen LogP contribution in [0.1, 0.15) is 52.0 Å². The quantitative estimate of drug-likeness (QED) is 0.0528. The second kappa shape index (κ2) is 17.7. The molecule has 1 aromatic carbocycles. The number of carbonyl (C=O) groups excluding carboxylic acids is 4. The smallest absolute Gasteiger partial charge is 0.328 e. The molecule has 0 spiro atoms. The number of rotatable bonds is 17. The second-order valence-electron chi connectivity index (χ2n) is 11.6. The number of phenolic OH excluding ortho intramolecular Hbond substituents is 1. The van der Waals surface area contributed by atoms with Crippen molar-refractivity contribution < 1.29 is 39.3 Å². The fourth-order valence-corrected chi connectivity index (χ4v) is 4.77. The van der Waals surface area contributed by atoms with Gasteiger partial charge >= 0.3 is 5.97 Å². The van der Waals surface area contributed by atoms with E-state index in [1.807, 2.05) is 13.8 Å². The Bertz CT molecular complexity index is 1280. The van der Waals surface area contributed by atoms with E-state index < -0.39 is 65.9 Å². The molecule has 16 heteroatoms. The number of aliphatic carboxylic acids is 1. The highest BCUT2D eigenvalue weighted by atomic mass is 16.4. The predicted octanol–water partition coefficient (Wildman–Crippen LogP) is -1.60. The number of nitrogens with one attached hydrogen (secondary N) is 3. The lowest BCUT2D eigenvalue weighted by Crippen LogP contribution is -2.59. The molecule has 1 aliphatic heterocycles. The first-order valence-electron chi connectivity index (χ1n) is 15.0. The Hall–Kier alpha value is -4.70. The molecule has 12 N–H and O–H groups in total. The number of hydrogen-bond acceptors (Lipinski definition) is 9. The molecule has 0 saturated heterocycles. The largest absolute Gasteiger partial charge is 0.508 e. The Morgan fingerprint density at radius 3 is 2.20 bits per heavy atom. The van der Waals surface area contributed by atoms with Gasteiger partial charge in [-0.25, -0.2) is 4.79 Å². The topological polar surface area (TPSA) is 276 Å². The second-order valence-corrected chi connectivity index (χ2v) is 11.6. The minimum atomic E-state index is -1.58. The van der Waals surface area contributed by atoms with Crippen molar-refractivity contribution in [3.05, 3.63) is 42.1 Å². The van der Waals surface area contributed by atoms with Gasteiger partial charge in [-0.15, -0.1) is 0 Å². The summed E-state index contributed by atoms with van der Waals surface area (Å²) in [7, 11) is 0. The molecule has 16 nitrogen and oxygen atoms in total. The number of carboxylic acid groups (broad SMARTS) is 1. The van der Waals surface area contributed by atoms with Crippen molar-refractivity contribution in [2.75, 3.05) is 6.54 Å². The van der Waals surface area contributed by atoms with E-state index in [0.717, 1.165) is 4.90 Å². The van der Waals surface area contributed by atoms with Crippen LogP contribution in [0, 0.1) is 5.92 Å². The summed E-state index contributed by atoms with van der Waals surface area (Å²) < 4.78 is 0. The first-order valence-corrected chi connectivity index (χ1v) is 15.0. The Kier molecular flexibility index (Phi) is 14.4. The summed E-state index contributed by atoms with van der Waals surface area (Å²) in [5, 5.41) is 36.5. The van der Waals surface area contributed by atoms with Crippen LogP contribution < -0.4 is 33.2 Å². The van der Waals surface area contributed by atoms with Crippen molar-refractivity contribution in [2.45, 2.75) is 89.2 Å². The molecule has 1 aromatic rings. The van der Waals surface area contributed by atoms with Gasteiger partial charge < -0.3 is 53.4 Å². The molecule has 6 atom stereocenters. The third-order valence-electron chi connectivity index (χ3n) is 7.20. The zero-order chi connectivity index (χ0) is 34.6. The Morgan fingerprint density at radius 1 is 1.00 bits per heavy atom. The van der Waals surface area contributed by atoms with Crippen LogP contribution in [0.5, 0.6) is 5.75 Å². The number of amides is 4. The van der Waals surface area contributed by atoms with Crippen LogP contribution in [0.2, 0.25) is 0 Å². The molecule has 0 aliphatic carbocycles. The van der Waals surface area contributed by atoms with Crippen LogP contribution in [0.25, 0.3) is 0 Å². The lowest BCUT2D eigenvalue weighted by atomic mass is 9.99. The average molecular weight is 647 g/mol. The van der Waals surface area contributed by atoms with Gasteiger partial charge in [0.25, 0.3) is 0 Å². The van der Waals surface area contributed by atoms with Crippen LogP contribution in [0.4, 0.5) is 0 Å². The first-order chi connectivity index (χ1) is 21.6. The standard InChI is InChI=1S/C30H46N8O8/c1-16(2)14-22(28(44)38-13-5-7-23(38)27(43)37-24(17(3)39)29(45)46)36-26(42)21(15-18-8-10-19(40)11-9-18)35-25(41)20(31)6-4-12-34-30(32)33/h5,8-11,13,16-17,20-24,39-40H,4,6-7,12,14-15,31H2,1-3H3,(H,35,41)(H,36,42)(H,37,43)(H,45,46)(H4,32,33,34)/t17-,20+,21+,22+,23+,24+/m1/s1.